The molecule has 49 valence electrons. The minimum Gasteiger partial charge on any atom is 0 e. The molecule has 0 aliphatic heterocycles. The van der Waals surface area contributed by atoms with Crippen LogP contribution in [-0.2, 0) is 109 Å². The second kappa shape index (κ2) is 43.9. The molecule has 0 amide bonds. The van der Waals surface area contributed by atoms with E-state index >= 15 is 0 Å². The monoisotopic (exact) mass is 831 g/mol. The Labute approximate surface area is 150 Å². The summed E-state index contributed by atoms with van der Waals surface area (Å²) < 4.78 is 0. The van der Waals surface area contributed by atoms with Crippen molar-refractivity contribution >= 4 is 45.3 Å². The van der Waals surface area contributed by atoms with Gasteiger partial charge in [0.05, 0.1) is 0 Å². The summed E-state index contributed by atoms with van der Waals surface area (Å²) in [7, 11) is 0. The van der Waals surface area contributed by atoms with E-state index in [4.69, 9.17) is 0 Å². The van der Waals surface area contributed by atoms with Crippen LogP contribution in [0.5, 0.6) is 0 Å². The molecule has 0 saturated heterocycles. The summed E-state index contributed by atoms with van der Waals surface area (Å²) >= 11 is 0. The molecule has 0 bridgehead atoms. The van der Waals surface area contributed by atoms with E-state index in [0.29, 0.717) is 0 Å². The van der Waals surface area contributed by atoms with Crippen molar-refractivity contribution in [2.24, 2.45) is 0 Å². The zero-order valence-corrected chi connectivity index (χ0v) is 25.2. The Balaban J connectivity index is 0. The van der Waals surface area contributed by atoms with Crippen molar-refractivity contribution in [1.29, 1.82) is 0 Å². The van der Waals surface area contributed by atoms with Gasteiger partial charge in [0.1, 0.15) is 0 Å². The van der Waals surface area contributed by atoms with E-state index in [1.54, 1.807) is 0 Å². The zero-order valence-electron chi connectivity index (χ0n) is 3.76. The van der Waals surface area contributed by atoms with Gasteiger partial charge >= 0.3 is 45.3 Å². The Kier molecular flexibility index (Phi) is 364. The Bertz CT molecular complexity index is 19.7. The number of rotatable bonds is 0. The van der Waals surface area contributed by atoms with Gasteiger partial charge in [-0.3, -0.25) is 0 Å². The van der Waals surface area contributed by atoms with E-state index in [-0.39, 0.29) is 154 Å². The molecule has 0 aromatic heterocycles. The van der Waals surface area contributed by atoms with Crippen molar-refractivity contribution in [2.45, 2.75) is 0 Å². The smallest absolute Gasteiger partial charge is 0 e. The summed E-state index contributed by atoms with van der Waals surface area (Å²) in [4.78, 5) is 0. The Morgan fingerprint density at radius 3 is 1.00 bits per heavy atom. The molecule has 7 heteroatoms. The quantitative estimate of drug-likeness (QED) is 0.246. The maximum Gasteiger partial charge on any atom is 0 e. The average Bonchev–Trinajstić information content (AvgIpc) is 0. The summed E-state index contributed by atoms with van der Waals surface area (Å²) in [5, 5.41) is 0. The Morgan fingerprint density at radius 1 is 1.00 bits per heavy atom. The largest absolute Gasteiger partial charge is 0 e. The van der Waals surface area contributed by atoms with Gasteiger partial charge in [0, 0.05) is 109 Å². The molecule has 1 atom stereocenters. The molecule has 0 aromatic rings. The Hall–Kier alpha value is 5.01. The van der Waals surface area contributed by atoms with Crippen LogP contribution in [0.15, 0.2) is 0 Å². The first kappa shape index (κ1) is 58.0. The molecule has 0 rings (SSSR count). The number of hydrogen-bond acceptors (Lipinski definition) is 0. The third kappa shape index (κ3) is 35.6. The fourth-order valence-corrected chi connectivity index (χ4v) is 0. The molecule has 0 fully saturated rings. The maximum absolute atomic E-state index is 0. The predicted molar refractivity (Wildman–Crippen MR) is 18.5 cm³/mol. The van der Waals surface area contributed by atoms with Crippen LogP contribution >= 0.6 is 0 Å². The van der Waals surface area contributed by atoms with Crippen molar-refractivity contribution in [2.75, 3.05) is 0 Å². The summed E-state index contributed by atoms with van der Waals surface area (Å²) in [5.41, 5.74) is 0. The molecule has 0 saturated carbocycles. The molecule has 7 heavy (non-hydrogen) atoms. The summed E-state index contributed by atoms with van der Waals surface area (Å²) in [6.45, 7) is 0. The Morgan fingerprint density at radius 2 is 1.00 bits per heavy atom. The van der Waals surface area contributed by atoms with E-state index in [9.17, 15) is 0 Å². The van der Waals surface area contributed by atoms with Gasteiger partial charge in [0.25, 0.3) is 0 Å². The molecular weight excluding hydrogens is 824 g/mol. The fraction of sp³-hybridized carbons (Fsp3) is 0. The summed E-state index contributed by atoms with van der Waals surface area (Å²) in [6.07, 6.45) is 0. The van der Waals surface area contributed by atoms with Crippen LogP contribution < -0.4 is 0 Å². The van der Waals surface area contributed by atoms with Crippen molar-refractivity contribution in [3.05, 3.63) is 0 Å². The third-order valence-corrected chi connectivity index (χ3v) is 0. The van der Waals surface area contributed by atoms with E-state index in [2.05, 4.69) is 0 Å². The van der Waals surface area contributed by atoms with Crippen molar-refractivity contribution < 1.29 is 109 Å². The van der Waals surface area contributed by atoms with Gasteiger partial charge in [0.15, 0.2) is 0 Å². The van der Waals surface area contributed by atoms with E-state index in [1.165, 1.54) is 0 Å². The fourth-order valence-electron chi connectivity index (χ4n) is 0. The molecular formula is H5AsCdCuHgNiPbPd. The molecule has 0 spiro atoms. The predicted octanol–water partition coefficient (Wildman–Crippen LogP) is -2.11. The van der Waals surface area contributed by atoms with Gasteiger partial charge in [-0.15, -0.1) is 0 Å². The molecule has 0 aromatic carbocycles. The minimum absolute atomic E-state index is 0. The van der Waals surface area contributed by atoms with Crippen LogP contribution in [0.25, 0.3) is 0 Å². The second-order valence-electron chi connectivity index (χ2n) is 0. The van der Waals surface area contributed by atoms with Gasteiger partial charge < -0.3 is 0 Å². The topological polar surface area (TPSA) is 0 Å². The van der Waals surface area contributed by atoms with E-state index in [0.717, 1.165) is 0 Å². The summed E-state index contributed by atoms with van der Waals surface area (Å²) in [5.74, 6) is 0. The zero-order chi connectivity index (χ0) is 0. The average molecular weight is 829 g/mol. The van der Waals surface area contributed by atoms with Gasteiger partial charge in [0.2, 0.25) is 0 Å². The number of hydrogen-bond donors (Lipinski definition) is 0. The van der Waals surface area contributed by atoms with Crippen molar-refractivity contribution in [3.8, 4) is 0 Å². The van der Waals surface area contributed by atoms with Gasteiger partial charge in [-0.2, -0.15) is 0 Å². The van der Waals surface area contributed by atoms with E-state index < -0.39 is 0 Å². The molecule has 3 radical (unpaired) electrons. The van der Waals surface area contributed by atoms with Crippen LogP contribution in [0.4, 0.5) is 0 Å². The normalized spacial score (nSPS) is 0. The van der Waals surface area contributed by atoms with Crippen LogP contribution in [0.1, 0.15) is 0 Å². The first-order valence-electron chi connectivity index (χ1n) is 0. The van der Waals surface area contributed by atoms with Crippen LogP contribution in [0.3, 0.4) is 0 Å². The molecule has 1 unspecified atom stereocenters. The van der Waals surface area contributed by atoms with Crippen molar-refractivity contribution in [3.63, 3.8) is 0 Å². The SMILES string of the molecule is [AsH3].[Cd].[Cu].[Hg].[Ni].[PbH2].[Pd]. The molecule has 0 heterocycles. The van der Waals surface area contributed by atoms with Gasteiger partial charge in [-0.25, -0.2) is 0 Å². The van der Waals surface area contributed by atoms with Crippen molar-refractivity contribution in [1.82, 2.24) is 0 Å². The molecule has 0 aliphatic carbocycles. The third-order valence-electron chi connectivity index (χ3n) is 0. The second-order valence-corrected chi connectivity index (χ2v) is 0. The summed E-state index contributed by atoms with van der Waals surface area (Å²) in [6, 6.07) is 0. The van der Waals surface area contributed by atoms with Gasteiger partial charge in [-0.05, 0) is 0 Å². The standard InChI is InChI=1S/AsH3.Cd.Cu.Hg.Ni.Pb.Pd.2H/h1H3;;;;;;;;. The molecule has 0 nitrogen and oxygen atoms in total. The maximum atomic E-state index is 0. The van der Waals surface area contributed by atoms with Crippen LogP contribution in [-0.4, -0.2) is 45.3 Å². The van der Waals surface area contributed by atoms with Crippen LogP contribution in [0.2, 0.25) is 0 Å². The van der Waals surface area contributed by atoms with Gasteiger partial charge in [-0.1, -0.05) is 0 Å². The molecule has 0 N–H and O–H groups in total. The first-order valence-corrected chi connectivity index (χ1v) is 0. The first-order chi connectivity index (χ1) is 0. The van der Waals surface area contributed by atoms with Crippen LogP contribution in [0, 0.1) is 0 Å². The van der Waals surface area contributed by atoms with E-state index in [1.807, 2.05) is 0 Å². The minimum atomic E-state index is 0. The molecule has 0 aliphatic rings.